The molecular formula is C24H20FN3O. The Hall–Kier alpha value is -3.73. The third-order valence-corrected chi connectivity index (χ3v) is 4.78. The zero-order valence-corrected chi connectivity index (χ0v) is 16.2. The van der Waals surface area contributed by atoms with Crippen molar-refractivity contribution in [3.05, 3.63) is 90.5 Å². The van der Waals surface area contributed by atoms with Crippen LogP contribution in [-0.2, 0) is 0 Å². The summed E-state index contributed by atoms with van der Waals surface area (Å²) in [5, 5.41) is 0. The number of nitrogens with zero attached hydrogens (tertiary/aromatic N) is 2. The van der Waals surface area contributed by atoms with Crippen molar-refractivity contribution in [3.63, 3.8) is 0 Å². The van der Waals surface area contributed by atoms with Crippen molar-refractivity contribution in [3.8, 4) is 33.6 Å². The minimum Gasteiger partial charge on any atom is -0.353 e. The number of aromatic amines is 1. The molecule has 0 bridgehead atoms. The van der Waals surface area contributed by atoms with Gasteiger partial charge in [-0.2, -0.15) is 0 Å². The van der Waals surface area contributed by atoms with Gasteiger partial charge in [0.2, 0.25) is 0 Å². The molecule has 0 aliphatic heterocycles. The molecule has 1 amide bonds. The van der Waals surface area contributed by atoms with Crippen molar-refractivity contribution >= 4 is 5.91 Å². The minimum atomic E-state index is -0.307. The Morgan fingerprint density at radius 3 is 2.07 bits per heavy atom. The molecule has 2 aromatic carbocycles. The lowest BCUT2D eigenvalue weighted by molar-refractivity contribution is 0.0829. The van der Waals surface area contributed by atoms with E-state index in [4.69, 9.17) is 0 Å². The van der Waals surface area contributed by atoms with Gasteiger partial charge in [-0.1, -0.05) is 30.3 Å². The van der Waals surface area contributed by atoms with Crippen molar-refractivity contribution in [1.29, 1.82) is 0 Å². The van der Waals surface area contributed by atoms with Crippen LogP contribution >= 0.6 is 0 Å². The van der Waals surface area contributed by atoms with Gasteiger partial charge in [0.1, 0.15) is 5.82 Å². The maximum absolute atomic E-state index is 13.5. The van der Waals surface area contributed by atoms with Crippen LogP contribution in [0.25, 0.3) is 33.6 Å². The molecule has 1 N–H and O–H groups in total. The lowest BCUT2D eigenvalue weighted by Crippen LogP contribution is -2.22. The summed E-state index contributed by atoms with van der Waals surface area (Å²) in [4.78, 5) is 22.4. The highest BCUT2D eigenvalue weighted by atomic mass is 19.1. The summed E-state index contributed by atoms with van der Waals surface area (Å²) >= 11 is 0. The Balaban J connectivity index is 2.07. The molecule has 0 unspecified atom stereocenters. The average molecular weight is 385 g/mol. The highest BCUT2D eigenvalue weighted by Gasteiger charge is 2.26. The van der Waals surface area contributed by atoms with Crippen LogP contribution in [0.3, 0.4) is 0 Å². The highest BCUT2D eigenvalue weighted by Crippen LogP contribution is 2.40. The maximum atomic E-state index is 13.5. The summed E-state index contributed by atoms with van der Waals surface area (Å²) in [6, 6.07) is 19.7. The van der Waals surface area contributed by atoms with Crippen molar-refractivity contribution in [2.45, 2.75) is 0 Å². The molecule has 0 fully saturated rings. The van der Waals surface area contributed by atoms with Gasteiger partial charge in [0.05, 0.1) is 17.0 Å². The van der Waals surface area contributed by atoms with Gasteiger partial charge < -0.3 is 9.88 Å². The summed E-state index contributed by atoms with van der Waals surface area (Å²) in [5.41, 5.74) is 5.41. The summed E-state index contributed by atoms with van der Waals surface area (Å²) in [5.74, 6) is -0.418. The molecule has 4 nitrogen and oxygen atoms in total. The number of nitrogens with one attached hydrogen (secondary N) is 1. The molecule has 0 aliphatic rings. The molecule has 0 radical (unpaired) electrons. The van der Waals surface area contributed by atoms with E-state index < -0.39 is 0 Å². The van der Waals surface area contributed by atoms with Crippen molar-refractivity contribution in [2.75, 3.05) is 14.1 Å². The molecule has 2 aromatic heterocycles. The van der Waals surface area contributed by atoms with Gasteiger partial charge in [-0.15, -0.1) is 0 Å². The molecule has 29 heavy (non-hydrogen) atoms. The number of benzene rings is 2. The first kappa shape index (κ1) is 18.6. The zero-order chi connectivity index (χ0) is 20.4. The topological polar surface area (TPSA) is 49.0 Å². The van der Waals surface area contributed by atoms with Crippen LogP contribution in [0.15, 0.2) is 79.1 Å². The first-order chi connectivity index (χ1) is 14.1. The molecule has 5 heteroatoms. The van der Waals surface area contributed by atoms with E-state index in [9.17, 15) is 9.18 Å². The summed E-state index contributed by atoms with van der Waals surface area (Å²) < 4.78 is 13.5. The monoisotopic (exact) mass is 385 g/mol. The maximum Gasteiger partial charge on any atom is 0.256 e. The minimum absolute atomic E-state index is 0.111. The predicted molar refractivity (Wildman–Crippen MR) is 113 cm³/mol. The van der Waals surface area contributed by atoms with Gasteiger partial charge in [-0.25, -0.2) is 4.39 Å². The van der Waals surface area contributed by atoms with Gasteiger partial charge in [0.15, 0.2) is 0 Å². The molecule has 0 atom stereocenters. The number of pyridine rings is 1. The van der Waals surface area contributed by atoms with Crippen LogP contribution in [-0.4, -0.2) is 34.9 Å². The molecule has 4 rings (SSSR count). The van der Waals surface area contributed by atoms with Crippen molar-refractivity contribution in [2.24, 2.45) is 0 Å². The number of hydrogen-bond donors (Lipinski definition) is 1. The van der Waals surface area contributed by atoms with Crippen LogP contribution in [0.5, 0.6) is 0 Å². The molecule has 4 aromatic rings. The first-order valence-electron chi connectivity index (χ1n) is 9.25. The fraction of sp³-hybridized carbons (Fsp3) is 0.0833. The van der Waals surface area contributed by atoms with E-state index >= 15 is 0 Å². The summed E-state index contributed by atoms with van der Waals surface area (Å²) in [6.45, 7) is 0. The van der Waals surface area contributed by atoms with E-state index in [0.29, 0.717) is 5.56 Å². The van der Waals surface area contributed by atoms with E-state index in [1.54, 1.807) is 43.5 Å². The number of halogens is 1. The molecule has 0 aliphatic carbocycles. The second kappa shape index (κ2) is 7.72. The SMILES string of the molecule is CN(C)C(=O)c1c(-c2ccccc2)[nH]c(-c2ccc(F)cc2)c1-c1ccncc1. The third kappa shape index (κ3) is 3.55. The molecule has 0 saturated heterocycles. The van der Waals surface area contributed by atoms with Crippen LogP contribution in [0.4, 0.5) is 4.39 Å². The van der Waals surface area contributed by atoms with E-state index in [1.807, 2.05) is 42.5 Å². The first-order valence-corrected chi connectivity index (χ1v) is 9.25. The van der Waals surface area contributed by atoms with E-state index in [-0.39, 0.29) is 11.7 Å². The smallest absolute Gasteiger partial charge is 0.256 e. The fourth-order valence-corrected chi connectivity index (χ4v) is 3.40. The normalized spacial score (nSPS) is 10.7. The number of hydrogen-bond acceptors (Lipinski definition) is 2. The lowest BCUT2D eigenvalue weighted by atomic mass is 9.95. The van der Waals surface area contributed by atoms with Crippen LogP contribution in [0, 0.1) is 5.82 Å². The Morgan fingerprint density at radius 2 is 1.45 bits per heavy atom. The van der Waals surface area contributed by atoms with Gasteiger partial charge in [0.25, 0.3) is 5.91 Å². The number of amides is 1. The van der Waals surface area contributed by atoms with Crippen molar-refractivity contribution in [1.82, 2.24) is 14.9 Å². The Morgan fingerprint density at radius 1 is 0.828 bits per heavy atom. The quantitative estimate of drug-likeness (QED) is 0.521. The largest absolute Gasteiger partial charge is 0.353 e. The summed E-state index contributed by atoms with van der Waals surface area (Å²) in [7, 11) is 3.47. The number of H-pyrrole nitrogens is 1. The van der Waals surface area contributed by atoms with Crippen LogP contribution < -0.4 is 0 Å². The number of carbonyl (C=O) groups excluding carboxylic acids is 1. The van der Waals surface area contributed by atoms with E-state index in [2.05, 4.69) is 9.97 Å². The zero-order valence-electron chi connectivity index (χ0n) is 16.2. The van der Waals surface area contributed by atoms with Crippen LogP contribution in [0.2, 0.25) is 0 Å². The van der Waals surface area contributed by atoms with E-state index in [1.165, 1.54) is 12.1 Å². The Bertz CT molecular complexity index is 1130. The average Bonchev–Trinajstić information content (AvgIpc) is 3.15. The predicted octanol–water partition coefficient (Wildman–Crippen LogP) is 5.25. The van der Waals surface area contributed by atoms with Gasteiger partial charge in [-0.05, 0) is 53.1 Å². The van der Waals surface area contributed by atoms with Gasteiger partial charge >= 0.3 is 0 Å². The standard InChI is InChI=1S/C24H20FN3O/c1-28(2)24(29)21-20(16-12-14-26-15-13-16)22(18-8-10-19(25)11-9-18)27-23(21)17-6-4-3-5-7-17/h3-15,27H,1-2H3. The van der Waals surface area contributed by atoms with Crippen molar-refractivity contribution < 1.29 is 9.18 Å². The molecule has 144 valence electrons. The Kier molecular flexibility index (Phi) is 4.96. The number of carbonyl (C=O) groups is 1. The van der Waals surface area contributed by atoms with E-state index in [0.717, 1.165) is 33.6 Å². The second-order valence-corrected chi connectivity index (χ2v) is 6.93. The van der Waals surface area contributed by atoms with Gasteiger partial charge in [0, 0.05) is 32.1 Å². The summed E-state index contributed by atoms with van der Waals surface area (Å²) in [6.07, 6.45) is 3.39. The highest BCUT2D eigenvalue weighted by molar-refractivity contribution is 6.10. The fourth-order valence-electron chi connectivity index (χ4n) is 3.40. The Labute approximate surface area is 168 Å². The third-order valence-electron chi connectivity index (χ3n) is 4.78. The second-order valence-electron chi connectivity index (χ2n) is 6.93. The lowest BCUT2D eigenvalue weighted by Gasteiger charge is -2.14. The molecule has 2 heterocycles. The number of aromatic nitrogens is 2. The number of rotatable bonds is 4. The van der Waals surface area contributed by atoms with Crippen LogP contribution in [0.1, 0.15) is 10.4 Å². The molecule has 0 saturated carbocycles. The molecule has 0 spiro atoms. The van der Waals surface area contributed by atoms with Gasteiger partial charge in [-0.3, -0.25) is 9.78 Å². The molecular weight excluding hydrogens is 365 g/mol.